The molecule has 2 rings (SSSR count). The van der Waals surface area contributed by atoms with Gasteiger partial charge < -0.3 is 20.7 Å². The first kappa shape index (κ1) is 25.4. The smallest absolute Gasteiger partial charge is 0.407 e. The Bertz CT molecular complexity index is 924. The van der Waals surface area contributed by atoms with E-state index in [1.807, 2.05) is 42.5 Å². The van der Waals surface area contributed by atoms with Crippen LogP contribution in [-0.4, -0.2) is 30.1 Å². The molecule has 0 unspecified atom stereocenters. The van der Waals surface area contributed by atoms with Gasteiger partial charge in [0.15, 0.2) is 0 Å². The molecule has 0 atom stereocenters. The van der Waals surface area contributed by atoms with Gasteiger partial charge in [0.05, 0.1) is 0 Å². The Labute approximate surface area is 197 Å². The molecule has 0 fully saturated rings. The van der Waals surface area contributed by atoms with Crippen LogP contribution < -0.4 is 16.0 Å². The number of ether oxygens (including phenoxy) is 1. The van der Waals surface area contributed by atoms with E-state index in [-0.39, 0.29) is 24.8 Å². The number of benzene rings is 2. The number of hydrogen-bond acceptors (Lipinski definition) is 4. The van der Waals surface area contributed by atoms with Crippen molar-refractivity contribution in [3.63, 3.8) is 0 Å². The number of hydrogen-bond donors (Lipinski definition) is 3. The fourth-order valence-corrected chi connectivity index (χ4v) is 3.04. The number of amides is 3. The van der Waals surface area contributed by atoms with Crippen LogP contribution in [0.5, 0.6) is 0 Å². The van der Waals surface area contributed by atoms with Crippen LogP contribution in [0, 0.1) is 0 Å². The van der Waals surface area contributed by atoms with E-state index in [2.05, 4.69) is 31.9 Å². The largest absolute Gasteiger partial charge is 0.444 e. The van der Waals surface area contributed by atoms with E-state index in [4.69, 9.17) is 4.74 Å². The third-order valence-corrected chi connectivity index (χ3v) is 4.80. The van der Waals surface area contributed by atoms with Crippen LogP contribution in [0.25, 0.3) is 0 Å². The number of carbonyl (C=O) groups is 3. The van der Waals surface area contributed by atoms with Gasteiger partial charge in [0.25, 0.3) is 0 Å². The molecule has 2 aromatic rings. The summed E-state index contributed by atoms with van der Waals surface area (Å²) in [6.07, 6.45) is 0.647. The molecule has 3 amide bonds. The molecule has 8 heteroatoms. The lowest BCUT2D eigenvalue weighted by atomic mass is 10.1. The second kappa shape index (κ2) is 12.2. The zero-order valence-corrected chi connectivity index (χ0v) is 20.3. The van der Waals surface area contributed by atoms with Crippen molar-refractivity contribution >= 4 is 39.5 Å². The Balaban J connectivity index is 1.71. The quantitative estimate of drug-likeness (QED) is 0.467. The molecule has 3 N–H and O–H groups in total. The predicted molar refractivity (Wildman–Crippen MR) is 128 cm³/mol. The normalized spacial score (nSPS) is 10.9. The molecular weight excluding hydrogens is 474 g/mol. The number of aryl methyl sites for hydroxylation is 1. The minimum Gasteiger partial charge on any atom is -0.444 e. The molecule has 2 aromatic carbocycles. The minimum absolute atomic E-state index is 0.0319. The Hall–Kier alpha value is -2.87. The van der Waals surface area contributed by atoms with E-state index in [1.54, 1.807) is 26.8 Å². The number of anilines is 1. The average Bonchev–Trinajstić information content (AvgIpc) is 2.71. The highest BCUT2D eigenvalue weighted by molar-refractivity contribution is 9.10. The van der Waals surface area contributed by atoms with Gasteiger partial charge in [-0.3, -0.25) is 9.59 Å². The van der Waals surface area contributed by atoms with E-state index < -0.39 is 11.7 Å². The molecule has 0 aromatic heterocycles. The fourth-order valence-electron chi connectivity index (χ4n) is 2.77. The summed E-state index contributed by atoms with van der Waals surface area (Å²) in [5, 5.41) is 8.25. The van der Waals surface area contributed by atoms with E-state index in [9.17, 15) is 14.4 Å². The maximum atomic E-state index is 12.1. The van der Waals surface area contributed by atoms with Gasteiger partial charge >= 0.3 is 6.09 Å². The highest BCUT2D eigenvalue weighted by Crippen LogP contribution is 2.13. The molecule has 0 radical (unpaired) electrons. The minimum atomic E-state index is -0.582. The predicted octanol–water partition coefficient (Wildman–Crippen LogP) is 4.55. The van der Waals surface area contributed by atoms with Crippen molar-refractivity contribution in [2.75, 3.05) is 11.9 Å². The third-order valence-electron chi connectivity index (χ3n) is 4.27. The zero-order valence-electron chi connectivity index (χ0n) is 18.7. The van der Waals surface area contributed by atoms with Gasteiger partial charge in [-0.05, 0) is 62.6 Å². The van der Waals surface area contributed by atoms with Gasteiger partial charge in [0.2, 0.25) is 11.8 Å². The van der Waals surface area contributed by atoms with Gasteiger partial charge in [-0.2, -0.15) is 0 Å². The number of rotatable bonds is 9. The summed E-state index contributed by atoms with van der Waals surface area (Å²) in [7, 11) is 0. The molecule has 0 spiro atoms. The molecule has 0 aliphatic heterocycles. The van der Waals surface area contributed by atoms with Crippen LogP contribution in [0.2, 0.25) is 0 Å². The Morgan fingerprint density at radius 3 is 2.31 bits per heavy atom. The van der Waals surface area contributed by atoms with Crippen LogP contribution in [-0.2, 0) is 27.3 Å². The average molecular weight is 504 g/mol. The number of alkyl carbamates (subject to hydrolysis) is 1. The topological polar surface area (TPSA) is 96.5 Å². The van der Waals surface area contributed by atoms with Gasteiger partial charge in [-0.1, -0.05) is 40.2 Å². The molecule has 0 aliphatic carbocycles. The van der Waals surface area contributed by atoms with E-state index in [0.29, 0.717) is 25.1 Å². The zero-order chi connectivity index (χ0) is 23.6. The van der Waals surface area contributed by atoms with Gasteiger partial charge in [-0.15, -0.1) is 0 Å². The fraction of sp³-hybridized carbons (Fsp3) is 0.375. The van der Waals surface area contributed by atoms with Gasteiger partial charge in [0, 0.05) is 36.1 Å². The summed E-state index contributed by atoms with van der Waals surface area (Å²) >= 11 is 3.40. The van der Waals surface area contributed by atoms with Gasteiger partial charge in [0.1, 0.15) is 5.60 Å². The Morgan fingerprint density at radius 1 is 0.906 bits per heavy atom. The maximum Gasteiger partial charge on any atom is 0.407 e. The summed E-state index contributed by atoms with van der Waals surface area (Å²) in [5.74, 6) is -0.257. The summed E-state index contributed by atoms with van der Waals surface area (Å²) in [4.78, 5) is 35.9. The van der Waals surface area contributed by atoms with Crippen LogP contribution >= 0.6 is 15.9 Å². The maximum absolute atomic E-state index is 12.1. The number of carbonyl (C=O) groups excluding carboxylic acids is 3. The lowest BCUT2D eigenvalue weighted by Crippen LogP contribution is -2.34. The molecule has 172 valence electrons. The first-order valence-corrected chi connectivity index (χ1v) is 11.3. The molecular formula is C24H30BrN3O4. The number of halogens is 1. The highest BCUT2D eigenvalue weighted by atomic mass is 79.9. The van der Waals surface area contributed by atoms with Crippen LogP contribution in [0.4, 0.5) is 10.5 Å². The van der Waals surface area contributed by atoms with Crippen molar-refractivity contribution in [2.45, 2.75) is 52.2 Å². The molecule has 32 heavy (non-hydrogen) atoms. The summed E-state index contributed by atoms with van der Waals surface area (Å²) < 4.78 is 6.14. The Kier molecular flexibility index (Phi) is 9.71. The first-order chi connectivity index (χ1) is 15.1. The summed E-state index contributed by atoms with van der Waals surface area (Å²) in [6.45, 7) is 5.88. The monoisotopic (exact) mass is 503 g/mol. The standard InChI is InChI=1S/C24H30BrN3O4/c1-24(2,3)32-23(31)26-14-13-22(30)28-20-6-4-5-18(15-20)16-27-21(29)12-9-17-7-10-19(25)11-8-17/h4-8,10-11,15H,9,12-14,16H2,1-3H3,(H,26,31)(H,27,29)(H,28,30). The third kappa shape index (κ3) is 10.4. The second-order valence-corrected chi connectivity index (χ2v) is 9.25. The van der Waals surface area contributed by atoms with Crippen molar-refractivity contribution in [2.24, 2.45) is 0 Å². The second-order valence-electron chi connectivity index (χ2n) is 8.33. The van der Waals surface area contributed by atoms with E-state index >= 15 is 0 Å². The van der Waals surface area contributed by atoms with Crippen LogP contribution in [0.3, 0.4) is 0 Å². The molecule has 0 saturated carbocycles. The van der Waals surface area contributed by atoms with Crippen LogP contribution in [0.15, 0.2) is 53.0 Å². The van der Waals surface area contributed by atoms with E-state index in [1.165, 1.54) is 0 Å². The van der Waals surface area contributed by atoms with Crippen molar-refractivity contribution in [3.05, 3.63) is 64.1 Å². The van der Waals surface area contributed by atoms with Crippen molar-refractivity contribution < 1.29 is 19.1 Å². The van der Waals surface area contributed by atoms with Gasteiger partial charge in [-0.25, -0.2) is 4.79 Å². The molecule has 0 saturated heterocycles. The first-order valence-electron chi connectivity index (χ1n) is 10.5. The van der Waals surface area contributed by atoms with Crippen molar-refractivity contribution in [1.82, 2.24) is 10.6 Å². The van der Waals surface area contributed by atoms with Crippen LogP contribution in [0.1, 0.15) is 44.7 Å². The lowest BCUT2D eigenvalue weighted by molar-refractivity contribution is -0.121. The Morgan fingerprint density at radius 2 is 1.62 bits per heavy atom. The van der Waals surface area contributed by atoms with E-state index in [0.717, 1.165) is 15.6 Å². The SMILES string of the molecule is CC(C)(C)OC(=O)NCCC(=O)Nc1cccc(CNC(=O)CCc2ccc(Br)cc2)c1. The summed E-state index contributed by atoms with van der Waals surface area (Å²) in [5.41, 5.74) is 2.04. The molecule has 0 bridgehead atoms. The van der Waals surface area contributed by atoms with Crippen molar-refractivity contribution in [1.29, 1.82) is 0 Å². The van der Waals surface area contributed by atoms with Crippen molar-refractivity contribution in [3.8, 4) is 0 Å². The lowest BCUT2D eigenvalue weighted by Gasteiger charge is -2.19. The molecule has 0 aliphatic rings. The highest BCUT2D eigenvalue weighted by Gasteiger charge is 2.16. The number of nitrogens with one attached hydrogen (secondary N) is 3. The molecule has 0 heterocycles. The summed E-state index contributed by atoms with van der Waals surface area (Å²) in [6, 6.07) is 15.2. The molecule has 7 nitrogen and oxygen atoms in total.